The Morgan fingerprint density at radius 3 is 2.18 bits per heavy atom. The lowest BCUT2D eigenvalue weighted by Gasteiger charge is -2.28. The first-order valence-corrected chi connectivity index (χ1v) is 9.57. The third-order valence-corrected chi connectivity index (χ3v) is 5.04. The zero-order valence-corrected chi connectivity index (χ0v) is 14.4. The number of nitrogens with one attached hydrogen (secondary N) is 1. The molecule has 0 aliphatic heterocycles. The highest BCUT2D eigenvalue weighted by Crippen LogP contribution is 2.25. The van der Waals surface area contributed by atoms with E-state index in [1.165, 1.54) is 6.26 Å². The topological polar surface area (TPSA) is 89.3 Å². The Labute approximate surface area is 133 Å². The summed E-state index contributed by atoms with van der Waals surface area (Å²) in [5.74, 6) is -0.100. The summed E-state index contributed by atoms with van der Waals surface area (Å²) in [6.07, 6.45) is 2.56. The van der Waals surface area contributed by atoms with E-state index in [1.807, 2.05) is 26.0 Å². The van der Waals surface area contributed by atoms with Gasteiger partial charge in [-0.15, -0.1) is 0 Å². The first kappa shape index (κ1) is 18.6. The van der Waals surface area contributed by atoms with Gasteiger partial charge in [-0.2, -0.15) is 0 Å². The molecule has 22 heavy (non-hydrogen) atoms. The maximum absolute atomic E-state index is 12.4. The third kappa shape index (κ3) is 4.81. The Bertz CT molecular complexity index is 599. The highest BCUT2D eigenvalue weighted by atomic mass is 32.2. The van der Waals surface area contributed by atoms with Gasteiger partial charge in [-0.25, -0.2) is 8.42 Å². The minimum absolute atomic E-state index is 0.0252. The van der Waals surface area contributed by atoms with Gasteiger partial charge in [0.15, 0.2) is 9.84 Å². The minimum Gasteiger partial charge on any atom is -0.351 e. The number of benzene rings is 1. The van der Waals surface area contributed by atoms with E-state index in [0.717, 1.165) is 11.1 Å². The number of hydrogen-bond donors (Lipinski definition) is 2. The van der Waals surface area contributed by atoms with Gasteiger partial charge < -0.3 is 11.1 Å². The molecule has 0 fully saturated rings. The molecular weight excluding hydrogens is 300 g/mol. The summed E-state index contributed by atoms with van der Waals surface area (Å²) in [5.41, 5.74) is 6.76. The van der Waals surface area contributed by atoms with Crippen molar-refractivity contribution in [2.45, 2.75) is 39.0 Å². The van der Waals surface area contributed by atoms with Crippen molar-refractivity contribution in [2.75, 3.05) is 12.8 Å². The highest BCUT2D eigenvalue weighted by molar-refractivity contribution is 7.89. The first-order valence-electron chi connectivity index (χ1n) is 7.51. The van der Waals surface area contributed by atoms with Gasteiger partial charge in [0, 0.05) is 19.3 Å². The smallest absolute Gasteiger partial charge is 0.227 e. The lowest BCUT2D eigenvalue weighted by atomic mass is 9.81. The fourth-order valence-electron chi connectivity index (χ4n) is 2.47. The van der Waals surface area contributed by atoms with E-state index >= 15 is 0 Å². The van der Waals surface area contributed by atoms with Gasteiger partial charge in [-0.05, 0) is 24.0 Å². The van der Waals surface area contributed by atoms with Crippen LogP contribution in [0, 0.1) is 5.41 Å². The zero-order valence-electron chi connectivity index (χ0n) is 13.6. The van der Waals surface area contributed by atoms with Crippen molar-refractivity contribution in [2.24, 2.45) is 11.1 Å². The summed E-state index contributed by atoms with van der Waals surface area (Å²) in [6, 6.07) is 7.25. The van der Waals surface area contributed by atoms with Crippen molar-refractivity contribution in [1.29, 1.82) is 0 Å². The molecule has 3 N–H and O–H groups in total. The van der Waals surface area contributed by atoms with Crippen LogP contribution in [0.4, 0.5) is 0 Å². The largest absolute Gasteiger partial charge is 0.351 e. The Kier molecular flexibility index (Phi) is 6.56. The summed E-state index contributed by atoms with van der Waals surface area (Å²) in [5, 5.41) is 2.91. The first-order chi connectivity index (χ1) is 10.3. The van der Waals surface area contributed by atoms with Crippen LogP contribution in [0.25, 0.3) is 0 Å². The Morgan fingerprint density at radius 2 is 1.73 bits per heavy atom. The molecule has 124 valence electrons. The maximum Gasteiger partial charge on any atom is 0.227 e. The summed E-state index contributed by atoms with van der Waals surface area (Å²) >= 11 is 0. The maximum atomic E-state index is 12.4. The number of hydrogen-bond acceptors (Lipinski definition) is 4. The fraction of sp³-hybridized carbons (Fsp3) is 0.562. The molecule has 0 bridgehead atoms. The van der Waals surface area contributed by atoms with E-state index in [9.17, 15) is 13.2 Å². The van der Waals surface area contributed by atoms with Crippen molar-refractivity contribution in [3.8, 4) is 0 Å². The molecule has 0 radical (unpaired) electrons. The average molecular weight is 326 g/mol. The third-order valence-electron chi connectivity index (χ3n) is 4.20. The predicted octanol–water partition coefficient (Wildman–Crippen LogP) is 1.61. The van der Waals surface area contributed by atoms with Crippen LogP contribution in [-0.4, -0.2) is 27.1 Å². The molecule has 5 nitrogen and oxygen atoms in total. The SMILES string of the molecule is CCC(CC)(CN)C(=O)NCc1ccccc1CS(C)(=O)=O. The molecule has 6 heteroatoms. The molecule has 0 aliphatic carbocycles. The lowest BCUT2D eigenvalue weighted by molar-refractivity contribution is -0.131. The molecule has 1 amide bonds. The standard InChI is InChI=1S/C16H26N2O3S/c1-4-16(5-2,12-17)15(19)18-10-13-8-6-7-9-14(13)11-22(3,20)21/h6-9H,4-5,10-12,17H2,1-3H3,(H,18,19). The summed E-state index contributed by atoms with van der Waals surface area (Å²) in [6.45, 7) is 4.52. The number of carbonyl (C=O) groups is 1. The van der Waals surface area contributed by atoms with Gasteiger partial charge in [0.1, 0.15) is 0 Å². The molecule has 0 spiro atoms. The fourth-order valence-corrected chi connectivity index (χ4v) is 3.32. The van der Waals surface area contributed by atoms with E-state index in [0.29, 0.717) is 25.9 Å². The molecule has 0 atom stereocenters. The van der Waals surface area contributed by atoms with Crippen molar-refractivity contribution in [3.63, 3.8) is 0 Å². The molecule has 1 rings (SSSR count). The number of sulfone groups is 1. The van der Waals surface area contributed by atoms with E-state index in [1.54, 1.807) is 12.1 Å². The van der Waals surface area contributed by atoms with E-state index in [2.05, 4.69) is 5.32 Å². The monoisotopic (exact) mass is 326 g/mol. The van der Waals surface area contributed by atoms with E-state index in [4.69, 9.17) is 5.73 Å². The normalized spacial score (nSPS) is 12.2. The molecule has 0 saturated heterocycles. The molecule has 0 aromatic heterocycles. The molecule has 1 aromatic carbocycles. The van der Waals surface area contributed by atoms with Gasteiger partial charge in [-0.1, -0.05) is 38.1 Å². The minimum atomic E-state index is -3.11. The Hall–Kier alpha value is -1.40. The molecule has 1 aromatic rings. The highest BCUT2D eigenvalue weighted by Gasteiger charge is 2.33. The van der Waals surface area contributed by atoms with Crippen molar-refractivity contribution >= 4 is 15.7 Å². The summed E-state index contributed by atoms with van der Waals surface area (Å²) in [7, 11) is -3.11. The second-order valence-corrected chi connectivity index (χ2v) is 7.85. The van der Waals surface area contributed by atoms with Crippen LogP contribution >= 0.6 is 0 Å². The van der Waals surface area contributed by atoms with Crippen LogP contribution in [0.15, 0.2) is 24.3 Å². The molecule has 0 aliphatic rings. The van der Waals surface area contributed by atoms with Gasteiger partial charge >= 0.3 is 0 Å². The van der Waals surface area contributed by atoms with E-state index < -0.39 is 15.3 Å². The quantitative estimate of drug-likeness (QED) is 0.759. The number of nitrogens with two attached hydrogens (primary N) is 1. The molecule has 0 unspecified atom stereocenters. The van der Waals surface area contributed by atoms with Crippen LogP contribution < -0.4 is 11.1 Å². The second kappa shape index (κ2) is 7.74. The number of rotatable bonds is 8. The van der Waals surface area contributed by atoms with Crippen LogP contribution in [-0.2, 0) is 26.9 Å². The van der Waals surface area contributed by atoms with Crippen LogP contribution in [0.3, 0.4) is 0 Å². The molecular formula is C16H26N2O3S. The Balaban J connectivity index is 2.87. The Morgan fingerprint density at radius 1 is 1.18 bits per heavy atom. The van der Waals surface area contributed by atoms with Gasteiger partial charge in [0.05, 0.1) is 11.2 Å². The summed E-state index contributed by atoms with van der Waals surface area (Å²) in [4.78, 5) is 12.4. The molecule has 0 heterocycles. The average Bonchev–Trinajstić information content (AvgIpc) is 2.47. The predicted molar refractivity (Wildman–Crippen MR) is 88.9 cm³/mol. The second-order valence-electron chi connectivity index (χ2n) is 5.71. The van der Waals surface area contributed by atoms with Crippen LogP contribution in [0.1, 0.15) is 37.8 Å². The summed E-state index contributed by atoms with van der Waals surface area (Å²) < 4.78 is 23.0. The van der Waals surface area contributed by atoms with Crippen molar-refractivity contribution in [3.05, 3.63) is 35.4 Å². The van der Waals surface area contributed by atoms with Crippen LogP contribution in [0.2, 0.25) is 0 Å². The zero-order chi connectivity index (χ0) is 16.8. The number of amides is 1. The molecule has 0 saturated carbocycles. The van der Waals surface area contributed by atoms with E-state index in [-0.39, 0.29) is 11.7 Å². The van der Waals surface area contributed by atoms with Gasteiger partial charge in [0.25, 0.3) is 0 Å². The van der Waals surface area contributed by atoms with Gasteiger partial charge in [0.2, 0.25) is 5.91 Å². The van der Waals surface area contributed by atoms with Crippen molar-refractivity contribution < 1.29 is 13.2 Å². The van der Waals surface area contributed by atoms with Crippen LogP contribution in [0.5, 0.6) is 0 Å². The number of carbonyl (C=O) groups excluding carboxylic acids is 1. The lowest BCUT2D eigenvalue weighted by Crippen LogP contribution is -2.45. The van der Waals surface area contributed by atoms with Crippen molar-refractivity contribution in [1.82, 2.24) is 5.32 Å². The van der Waals surface area contributed by atoms with Gasteiger partial charge in [-0.3, -0.25) is 4.79 Å².